The van der Waals surface area contributed by atoms with Gasteiger partial charge >= 0.3 is 0 Å². The number of rotatable bonds is 3. The van der Waals surface area contributed by atoms with Gasteiger partial charge in [0.2, 0.25) is 5.95 Å². The summed E-state index contributed by atoms with van der Waals surface area (Å²) in [6.07, 6.45) is 3.98. The molecule has 1 amide bonds. The van der Waals surface area contributed by atoms with E-state index in [4.69, 9.17) is 11.6 Å². The molecule has 2 aromatic rings. The maximum absolute atomic E-state index is 13.2. The number of hydrogen-bond donors (Lipinski definition) is 1. The van der Waals surface area contributed by atoms with Crippen LogP contribution in [0.15, 0.2) is 36.5 Å². The highest BCUT2D eigenvalue weighted by atomic mass is 35.5. The van der Waals surface area contributed by atoms with Crippen molar-refractivity contribution in [2.75, 3.05) is 37.6 Å². The van der Waals surface area contributed by atoms with Crippen molar-refractivity contribution < 1.29 is 4.79 Å². The second kappa shape index (κ2) is 10.3. The Labute approximate surface area is 182 Å². The minimum atomic E-state index is -0.0562. The minimum absolute atomic E-state index is 0. The number of amides is 1. The van der Waals surface area contributed by atoms with Gasteiger partial charge in [-0.05, 0) is 36.6 Å². The number of nitrogens with one attached hydrogen (secondary N) is 1. The monoisotopic (exact) mass is 443 g/mol. The lowest BCUT2D eigenvalue weighted by molar-refractivity contribution is 0.0628. The van der Waals surface area contributed by atoms with Crippen LogP contribution in [0.25, 0.3) is 0 Å². The molecule has 152 valence electrons. The Balaban J connectivity index is 0.00000140. The van der Waals surface area contributed by atoms with E-state index in [1.165, 1.54) is 0 Å². The molecular formula is C19H24Cl3N5O. The van der Waals surface area contributed by atoms with Crippen LogP contribution in [0.3, 0.4) is 0 Å². The van der Waals surface area contributed by atoms with Crippen molar-refractivity contribution in [1.29, 1.82) is 0 Å². The van der Waals surface area contributed by atoms with E-state index in [1.54, 1.807) is 12.3 Å². The minimum Gasteiger partial charge on any atom is -0.341 e. The SMILES string of the molecule is Cl.Cl.O=C(c1ccnc(N2CCCC2)n1)N1CCNCC1c1cccc(Cl)c1. The normalized spacial score (nSPS) is 19.0. The zero-order valence-electron chi connectivity index (χ0n) is 15.4. The number of aromatic nitrogens is 2. The lowest BCUT2D eigenvalue weighted by Gasteiger charge is -2.36. The Morgan fingerprint density at radius 2 is 1.93 bits per heavy atom. The van der Waals surface area contributed by atoms with Crippen LogP contribution in [-0.2, 0) is 0 Å². The average Bonchev–Trinajstić information content (AvgIpc) is 3.22. The molecule has 2 aliphatic heterocycles. The third-order valence-corrected chi connectivity index (χ3v) is 5.22. The molecule has 2 saturated heterocycles. The molecule has 1 atom stereocenters. The number of piperazine rings is 1. The fraction of sp³-hybridized carbons (Fsp3) is 0.421. The fourth-order valence-corrected chi connectivity index (χ4v) is 3.84. The predicted octanol–water partition coefficient (Wildman–Crippen LogP) is 3.36. The van der Waals surface area contributed by atoms with Gasteiger partial charge < -0.3 is 15.1 Å². The van der Waals surface area contributed by atoms with Crippen molar-refractivity contribution in [3.63, 3.8) is 0 Å². The van der Waals surface area contributed by atoms with E-state index in [0.717, 1.165) is 38.0 Å². The van der Waals surface area contributed by atoms with Crippen molar-refractivity contribution in [2.24, 2.45) is 0 Å². The van der Waals surface area contributed by atoms with E-state index in [-0.39, 0.29) is 36.8 Å². The predicted molar refractivity (Wildman–Crippen MR) is 116 cm³/mol. The Morgan fingerprint density at radius 1 is 1.14 bits per heavy atom. The Bertz CT molecular complexity index is 801. The molecule has 3 heterocycles. The standard InChI is InChI=1S/C19H22ClN5O.2ClH/c20-15-5-3-4-14(12-15)17-13-21-8-11-25(17)18(26)16-6-7-22-19(23-16)24-9-1-2-10-24;;/h3-7,12,17,21H,1-2,8-11,13H2;2*1H. The molecule has 0 radical (unpaired) electrons. The Kier molecular flexibility index (Phi) is 8.31. The van der Waals surface area contributed by atoms with Crippen LogP contribution >= 0.6 is 36.4 Å². The van der Waals surface area contributed by atoms with Crippen molar-refractivity contribution in [3.8, 4) is 0 Å². The van der Waals surface area contributed by atoms with Crippen LogP contribution in [0.5, 0.6) is 0 Å². The topological polar surface area (TPSA) is 61.4 Å². The number of halogens is 3. The maximum atomic E-state index is 13.2. The summed E-state index contributed by atoms with van der Waals surface area (Å²) < 4.78 is 0. The lowest BCUT2D eigenvalue weighted by atomic mass is 10.0. The second-order valence-corrected chi connectivity index (χ2v) is 7.15. The van der Waals surface area contributed by atoms with E-state index in [0.29, 0.717) is 29.8 Å². The summed E-state index contributed by atoms with van der Waals surface area (Å²) in [6, 6.07) is 9.36. The van der Waals surface area contributed by atoms with Gasteiger partial charge in [-0.3, -0.25) is 4.79 Å². The third kappa shape index (κ3) is 4.87. The summed E-state index contributed by atoms with van der Waals surface area (Å²) in [7, 11) is 0. The van der Waals surface area contributed by atoms with Gasteiger partial charge in [0.1, 0.15) is 5.69 Å². The van der Waals surface area contributed by atoms with Gasteiger partial charge in [-0.15, -0.1) is 24.8 Å². The van der Waals surface area contributed by atoms with Crippen LogP contribution in [0, 0.1) is 0 Å². The lowest BCUT2D eigenvalue weighted by Crippen LogP contribution is -2.49. The average molecular weight is 445 g/mol. The number of nitrogens with zero attached hydrogens (tertiary/aromatic N) is 4. The van der Waals surface area contributed by atoms with Gasteiger partial charge in [0, 0.05) is 43.9 Å². The van der Waals surface area contributed by atoms with Crippen LogP contribution in [0.1, 0.15) is 34.9 Å². The number of benzene rings is 1. The van der Waals surface area contributed by atoms with Crippen molar-refractivity contribution in [2.45, 2.75) is 18.9 Å². The van der Waals surface area contributed by atoms with Crippen molar-refractivity contribution in [3.05, 3.63) is 52.8 Å². The van der Waals surface area contributed by atoms with E-state index in [9.17, 15) is 4.79 Å². The van der Waals surface area contributed by atoms with E-state index in [1.807, 2.05) is 29.2 Å². The van der Waals surface area contributed by atoms with Gasteiger partial charge in [0.05, 0.1) is 6.04 Å². The van der Waals surface area contributed by atoms with Gasteiger partial charge in [0.25, 0.3) is 5.91 Å². The Hall–Kier alpha value is -1.60. The van der Waals surface area contributed by atoms with Gasteiger partial charge in [-0.25, -0.2) is 9.97 Å². The first-order chi connectivity index (χ1) is 12.7. The quantitative estimate of drug-likeness (QED) is 0.786. The van der Waals surface area contributed by atoms with Crippen LogP contribution in [-0.4, -0.2) is 53.5 Å². The highest BCUT2D eigenvalue weighted by Crippen LogP contribution is 2.26. The summed E-state index contributed by atoms with van der Waals surface area (Å²) in [5.41, 5.74) is 1.49. The first kappa shape index (κ1) is 22.7. The van der Waals surface area contributed by atoms with Crippen molar-refractivity contribution in [1.82, 2.24) is 20.2 Å². The molecule has 28 heavy (non-hydrogen) atoms. The molecule has 1 aromatic carbocycles. The van der Waals surface area contributed by atoms with E-state index >= 15 is 0 Å². The zero-order valence-corrected chi connectivity index (χ0v) is 17.8. The summed E-state index contributed by atoms with van der Waals surface area (Å²) in [6.45, 7) is 4.02. The molecule has 0 spiro atoms. The maximum Gasteiger partial charge on any atom is 0.273 e. The molecule has 4 rings (SSSR count). The van der Waals surface area contributed by atoms with Crippen LogP contribution in [0.4, 0.5) is 5.95 Å². The molecule has 2 aliphatic rings. The molecule has 1 N–H and O–H groups in total. The van der Waals surface area contributed by atoms with Crippen LogP contribution in [0.2, 0.25) is 5.02 Å². The molecule has 0 bridgehead atoms. The molecule has 2 fully saturated rings. The molecule has 1 aromatic heterocycles. The largest absolute Gasteiger partial charge is 0.341 e. The smallest absolute Gasteiger partial charge is 0.273 e. The van der Waals surface area contributed by atoms with Crippen LogP contribution < -0.4 is 10.2 Å². The van der Waals surface area contributed by atoms with E-state index < -0.39 is 0 Å². The number of anilines is 1. The van der Waals surface area contributed by atoms with E-state index in [2.05, 4.69) is 20.2 Å². The summed E-state index contributed by atoms with van der Waals surface area (Å²) >= 11 is 6.15. The first-order valence-corrected chi connectivity index (χ1v) is 9.45. The molecule has 0 saturated carbocycles. The molecule has 9 heteroatoms. The highest BCUT2D eigenvalue weighted by Gasteiger charge is 2.30. The third-order valence-electron chi connectivity index (χ3n) is 4.99. The van der Waals surface area contributed by atoms with Gasteiger partial charge in [-0.2, -0.15) is 0 Å². The molecular weight excluding hydrogens is 421 g/mol. The first-order valence-electron chi connectivity index (χ1n) is 9.07. The summed E-state index contributed by atoms with van der Waals surface area (Å²) in [5, 5.41) is 4.05. The molecule has 1 unspecified atom stereocenters. The summed E-state index contributed by atoms with van der Waals surface area (Å²) in [4.78, 5) is 26.1. The highest BCUT2D eigenvalue weighted by molar-refractivity contribution is 6.30. The molecule has 6 nitrogen and oxygen atoms in total. The molecule has 0 aliphatic carbocycles. The second-order valence-electron chi connectivity index (χ2n) is 6.71. The van der Waals surface area contributed by atoms with Gasteiger partial charge in [-0.1, -0.05) is 23.7 Å². The number of carbonyl (C=O) groups is 1. The zero-order chi connectivity index (χ0) is 17.9. The fourth-order valence-electron chi connectivity index (χ4n) is 3.64. The number of hydrogen-bond acceptors (Lipinski definition) is 5. The van der Waals surface area contributed by atoms with Crippen molar-refractivity contribution >= 4 is 48.3 Å². The summed E-state index contributed by atoms with van der Waals surface area (Å²) in [5.74, 6) is 0.599. The number of carbonyl (C=O) groups excluding carboxylic acids is 1. The van der Waals surface area contributed by atoms with Gasteiger partial charge in [0.15, 0.2) is 0 Å². The Morgan fingerprint density at radius 3 is 2.68 bits per heavy atom.